The van der Waals surface area contributed by atoms with Gasteiger partial charge in [0.1, 0.15) is 0 Å². The quantitative estimate of drug-likeness (QED) is 0.601. The van der Waals surface area contributed by atoms with E-state index in [2.05, 4.69) is 6.08 Å². The summed E-state index contributed by atoms with van der Waals surface area (Å²) < 4.78 is 0. The monoisotopic (exact) mass is 237 g/mol. The van der Waals surface area contributed by atoms with Crippen LogP contribution >= 0.6 is 0 Å². The molecule has 1 atom stereocenters. The molecule has 1 fully saturated rings. The van der Waals surface area contributed by atoms with Crippen LogP contribution in [-0.2, 0) is 4.79 Å². The number of hydrogen-bond donors (Lipinski definition) is 1. The number of amides is 1. The molecule has 3 nitrogen and oxygen atoms in total. The lowest BCUT2D eigenvalue weighted by Gasteiger charge is -2.36. The Morgan fingerprint density at radius 2 is 2.29 bits per heavy atom. The van der Waals surface area contributed by atoms with E-state index in [1.54, 1.807) is 0 Å². The van der Waals surface area contributed by atoms with Gasteiger partial charge in [0.2, 0.25) is 5.91 Å². The normalized spacial score (nSPS) is 24.2. The second-order valence-electron chi connectivity index (χ2n) is 5.19. The average Bonchev–Trinajstić information content (AvgIpc) is 2.38. The predicted molar refractivity (Wildman–Crippen MR) is 67.6 cm³/mol. The van der Waals surface area contributed by atoms with Crippen LogP contribution in [0.15, 0.2) is 11.6 Å². The molecule has 96 valence electrons. The van der Waals surface area contributed by atoms with Crippen LogP contribution in [0.4, 0.5) is 0 Å². The minimum atomic E-state index is 0.195. The van der Waals surface area contributed by atoms with Gasteiger partial charge in [-0.05, 0) is 44.4 Å². The van der Waals surface area contributed by atoms with E-state index >= 15 is 0 Å². The van der Waals surface area contributed by atoms with Crippen LogP contribution in [0, 0.1) is 5.92 Å². The van der Waals surface area contributed by atoms with E-state index in [1.807, 2.05) is 4.90 Å². The molecule has 1 amide bonds. The molecule has 1 aliphatic heterocycles. The Kier molecular flexibility index (Phi) is 4.60. The highest BCUT2D eigenvalue weighted by atomic mass is 16.3. The Balaban J connectivity index is 1.82. The highest BCUT2D eigenvalue weighted by Gasteiger charge is 2.27. The highest BCUT2D eigenvalue weighted by molar-refractivity contribution is 5.76. The summed E-state index contributed by atoms with van der Waals surface area (Å²) in [4.78, 5) is 14.0. The fraction of sp³-hybridized carbons (Fsp3) is 0.786. The SMILES string of the molecule is O=C(CCCCO)N1CCC2CCCC=C2C1. The second-order valence-corrected chi connectivity index (χ2v) is 5.19. The molecule has 0 aromatic heterocycles. The van der Waals surface area contributed by atoms with Gasteiger partial charge in [0.15, 0.2) is 0 Å². The van der Waals surface area contributed by atoms with Crippen molar-refractivity contribution in [2.75, 3.05) is 19.7 Å². The van der Waals surface area contributed by atoms with Gasteiger partial charge in [-0.15, -0.1) is 0 Å². The topological polar surface area (TPSA) is 40.5 Å². The number of carbonyl (C=O) groups excluding carboxylic acids is 1. The van der Waals surface area contributed by atoms with Gasteiger partial charge in [-0.3, -0.25) is 4.79 Å². The van der Waals surface area contributed by atoms with Gasteiger partial charge in [0.05, 0.1) is 0 Å². The summed E-state index contributed by atoms with van der Waals surface area (Å²) in [6, 6.07) is 0. The first-order valence-corrected chi connectivity index (χ1v) is 6.89. The maximum absolute atomic E-state index is 12.0. The predicted octanol–water partition coefficient (Wildman–Crippen LogP) is 2.11. The molecule has 3 heteroatoms. The Labute approximate surface area is 103 Å². The number of fused-ring (bicyclic) bond motifs is 1. The second kappa shape index (κ2) is 6.20. The molecule has 0 saturated carbocycles. The molecule has 2 rings (SSSR count). The Morgan fingerprint density at radius 1 is 1.41 bits per heavy atom. The molecule has 0 bridgehead atoms. The molecule has 1 saturated heterocycles. The van der Waals surface area contributed by atoms with Crippen LogP contribution in [0.1, 0.15) is 44.9 Å². The third kappa shape index (κ3) is 3.32. The lowest BCUT2D eigenvalue weighted by atomic mass is 9.82. The van der Waals surface area contributed by atoms with Crippen molar-refractivity contribution in [1.29, 1.82) is 0 Å². The van der Waals surface area contributed by atoms with E-state index in [0.29, 0.717) is 6.42 Å². The van der Waals surface area contributed by atoms with Crippen molar-refractivity contribution in [1.82, 2.24) is 4.90 Å². The number of piperidine rings is 1. The van der Waals surface area contributed by atoms with Gasteiger partial charge in [0, 0.05) is 26.1 Å². The number of aliphatic hydroxyl groups is 1. The summed E-state index contributed by atoms with van der Waals surface area (Å²) in [7, 11) is 0. The first-order valence-electron chi connectivity index (χ1n) is 6.89. The minimum absolute atomic E-state index is 0.195. The van der Waals surface area contributed by atoms with Crippen LogP contribution in [0.25, 0.3) is 0 Å². The van der Waals surface area contributed by atoms with Crippen LogP contribution < -0.4 is 0 Å². The van der Waals surface area contributed by atoms with E-state index in [4.69, 9.17) is 5.11 Å². The molecular weight excluding hydrogens is 214 g/mol. The van der Waals surface area contributed by atoms with E-state index in [0.717, 1.165) is 38.3 Å². The molecule has 2 aliphatic rings. The summed E-state index contributed by atoms with van der Waals surface area (Å²) in [5.41, 5.74) is 1.50. The minimum Gasteiger partial charge on any atom is -0.396 e. The fourth-order valence-corrected chi connectivity index (χ4v) is 2.90. The number of likely N-dealkylation sites (tertiary alicyclic amines) is 1. The molecule has 0 aromatic rings. The van der Waals surface area contributed by atoms with E-state index < -0.39 is 0 Å². The molecule has 0 spiro atoms. The maximum Gasteiger partial charge on any atom is 0.222 e. The van der Waals surface area contributed by atoms with Gasteiger partial charge in [-0.25, -0.2) is 0 Å². The number of rotatable bonds is 4. The third-order valence-corrected chi connectivity index (χ3v) is 3.96. The molecule has 0 radical (unpaired) electrons. The van der Waals surface area contributed by atoms with Crippen LogP contribution in [0.5, 0.6) is 0 Å². The van der Waals surface area contributed by atoms with Crippen LogP contribution in [0.3, 0.4) is 0 Å². The Hall–Kier alpha value is -0.830. The van der Waals surface area contributed by atoms with Crippen molar-refractivity contribution >= 4 is 5.91 Å². The lowest BCUT2D eigenvalue weighted by Crippen LogP contribution is -2.40. The molecule has 1 aliphatic carbocycles. The smallest absolute Gasteiger partial charge is 0.222 e. The largest absolute Gasteiger partial charge is 0.396 e. The zero-order chi connectivity index (χ0) is 12.1. The van der Waals surface area contributed by atoms with Crippen molar-refractivity contribution in [3.8, 4) is 0 Å². The van der Waals surface area contributed by atoms with Crippen molar-refractivity contribution in [3.05, 3.63) is 11.6 Å². The van der Waals surface area contributed by atoms with Crippen molar-refractivity contribution < 1.29 is 9.90 Å². The standard InChI is InChI=1S/C14H23NO2/c16-10-4-3-7-14(17)15-9-8-12-5-1-2-6-13(12)11-15/h6,12,16H,1-5,7-11H2. The van der Waals surface area contributed by atoms with Gasteiger partial charge in [-0.1, -0.05) is 11.6 Å². The molecule has 1 N–H and O–H groups in total. The van der Waals surface area contributed by atoms with Gasteiger partial charge in [0.25, 0.3) is 0 Å². The number of carbonyl (C=O) groups is 1. The summed E-state index contributed by atoms with van der Waals surface area (Å²) in [5, 5.41) is 8.71. The van der Waals surface area contributed by atoms with E-state index in [1.165, 1.54) is 24.8 Å². The Bertz CT molecular complexity index is 299. The van der Waals surface area contributed by atoms with Crippen molar-refractivity contribution in [2.24, 2.45) is 5.92 Å². The number of hydrogen-bond acceptors (Lipinski definition) is 2. The molecule has 1 heterocycles. The fourth-order valence-electron chi connectivity index (χ4n) is 2.90. The van der Waals surface area contributed by atoms with Gasteiger partial charge < -0.3 is 10.0 Å². The summed E-state index contributed by atoms with van der Waals surface area (Å²) in [6.07, 6.45) is 9.48. The lowest BCUT2D eigenvalue weighted by molar-refractivity contribution is -0.131. The van der Waals surface area contributed by atoms with Gasteiger partial charge in [-0.2, -0.15) is 0 Å². The number of unbranched alkanes of at least 4 members (excludes halogenated alkanes) is 1. The highest BCUT2D eigenvalue weighted by Crippen LogP contribution is 2.32. The molecule has 1 unspecified atom stereocenters. The van der Waals surface area contributed by atoms with Crippen molar-refractivity contribution in [2.45, 2.75) is 44.9 Å². The van der Waals surface area contributed by atoms with Crippen LogP contribution in [-0.4, -0.2) is 35.6 Å². The average molecular weight is 237 g/mol. The molecule has 0 aromatic carbocycles. The zero-order valence-corrected chi connectivity index (χ0v) is 10.5. The third-order valence-electron chi connectivity index (χ3n) is 3.96. The van der Waals surface area contributed by atoms with E-state index in [9.17, 15) is 4.79 Å². The number of allylic oxidation sites excluding steroid dienone is 1. The van der Waals surface area contributed by atoms with Crippen LogP contribution in [0.2, 0.25) is 0 Å². The first kappa shape index (κ1) is 12.6. The van der Waals surface area contributed by atoms with Crippen molar-refractivity contribution in [3.63, 3.8) is 0 Å². The maximum atomic E-state index is 12.0. The summed E-state index contributed by atoms with van der Waals surface area (Å²) in [6.45, 7) is 1.99. The first-order chi connectivity index (χ1) is 8.31. The number of aliphatic hydroxyl groups excluding tert-OH is 1. The molecular formula is C14H23NO2. The summed E-state index contributed by atoms with van der Waals surface area (Å²) in [5.74, 6) is 1.02. The van der Waals surface area contributed by atoms with Gasteiger partial charge >= 0.3 is 0 Å². The number of nitrogens with zero attached hydrogens (tertiary/aromatic N) is 1. The Morgan fingerprint density at radius 3 is 3.12 bits per heavy atom. The summed E-state index contributed by atoms with van der Waals surface area (Å²) >= 11 is 0. The zero-order valence-electron chi connectivity index (χ0n) is 10.5. The van der Waals surface area contributed by atoms with E-state index in [-0.39, 0.29) is 12.5 Å². The molecule has 17 heavy (non-hydrogen) atoms.